The van der Waals surface area contributed by atoms with E-state index in [1.807, 2.05) is 24.3 Å². The molecule has 6 nitrogen and oxygen atoms in total. The number of benzene rings is 1. The van der Waals surface area contributed by atoms with E-state index in [1.165, 1.54) is 38.5 Å². The summed E-state index contributed by atoms with van der Waals surface area (Å²) in [6, 6.07) is 8.04. The Morgan fingerprint density at radius 2 is 1.52 bits per heavy atom. The second-order valence-corrected chi connectivity index (χ2v) is 11.2. The standard InChI is InChI=1S/C27H41N3O3/c1-20(27-16-21-13-22(17-27)15-23(14-21)18-27)28-26(31)19-30-9-7-29(8-10-30)11-12-33-25-5-3-24(32-2)4-6-25/h3-6,20-23H,7-19H2,1-2H3,(H,28,31). The predicted molar refractivity (Wildman–Crippen MR) is 130 cm³/mol. The molecule has 1 saturated heterocycles. The van der Waals surface area contributed by atoms with Crippen LogP contribution in [0.25, 0.3) is 0 Å². The maximum absolute atomic E-state index is 12.9. The average molecular weight is 456 g/mol. The van der Waals surface area contributed by atoms with E-state index in [0.29, 0.717) is 24.6 Å². The third kappa shape index (κ3) is 5.32. The van der Waals surface area contributed by atoms with Crippen molar-refractivity contribution < 1.29 is 14.3 Å². The molecule has 4 aliphatic carbocycles. The number of hydrogen-bond donors (Lipinski definition) is 1. The zero-order valence-electron chi connectivity index (χ0n) is 20.4. The Labute approximate surface area is 199 Å². The average Bonchev–Trinajstić information content (AvgIpc) is 2.80. The number of amides is 1. The summed E-state index contributed by atoms with van der Waals surface area (Å²) in [6.07, 6.45) is 8.40. The minimum atomic E-state index is 0.217. The molecule has 1 unspecified atom stereocenters. The van der Waals surface area contributed by atoms with Gasteiger partial charge < -0.3 is 14.8 Å². The van der Waals surface area contributed by atoms with E-state index in [4.69, 9.17) is 9.47 Å². The van der Waals surface area contributed by atoms with E-state index in [0.717, 1.165) is 62.0 Å². The summed E-state index contributed by atoms with van der Waals surface area (Å²) in [5, 5.41) is 3.43. The molecule has 6 heteroatoms. The van der Waals surface area contributed by atoms with E-state index >= 15 is 0 Å². The highest BCUT2D eigenvalue weighted by molar-refractivity contribution is 5.78. The van der Waals surface area contributed by atoms with Gasteiger partial charge in [-0.15, -0.1) is 0 Å². The molecule has 1 aliphatic heterocycles. The fraction of sp³-hybridized carbons (Fsp3) is 0.741. The molecule has 0 aromatic heterocycles. The predicted octanol–water partition coefficient (Wildman–Crippen LogP) is 3.41. The Morgan fingerprint density at radius 1 is 0.970 bits per heavy atom. The van der Waals surface area contributed by atoms with Gasteiger partial charge in [-0.1, -0.05) is 0 Å². The lowest BCUT2D eigenvalue weighted by atomic mass is 9.48. The zero-order chi connectivity index (χ0) is 22.8. The van der Waals surface area contributed by atoms with Crippen LogP contribution < -0.4 is 14.8 Å². The molecule has 4 saturated carbocycles. The quantitative estimate of drug-likeness (QED) is 0.618. The number of ether oxygens (including phenoxy) is 2. The van der Waals surface area contributed by atoms with Crippen molar-refractivity contribution in [2.75, 3.05) is 53.0 Å². The lowest BCUT2D eigenvalue weighted by Crippen LogP contribution is -2.57. The first-order chi connectivity index (χ1) is 16.0. The second kappa shape index (κ2) is 9.83. The summed E-state index contributed by atoms with van der Waals surface area (Å²) in [7, 11) is 1.67. The molecule has 5 aliphatic rings. The lowest BCUT2D eigenvalue weighted by molar-refractivity contribution is -0.127. The highest BCUT2D eigenvalue weighted by Crippen LogP contribution is 2.61. The molecule has 1 amide bonds. The van der Waals surface area contributed by atoms with Crippen LogP contribution in [0.3, 0.4) is 0 Å². The Kier molecular flexibility index (Phi) is 6.84. The summed E-state index contributed by atoms with van der Waals surface area (Å²) < 4.78 is 11.1. The maximum atomic E-state index is 12.9. The van der Waals surface area contributed by atoms with Crippen LogP contribution in [0.4, 0.5) is 0 Å². The fourth-order valence-corrected chi connectivity index (χ4v) is 7.49. The first-order valence-corrected chi connectivity index (χ1v) is 13.0. The van der Waals surface area contributed by atoms with E-state index in [2.05, 4.69) is 22.0 Å². The van der Waals surface area contributed by atoms with Crippen molar-refractivity contribution in [1.29, 1.82) is 0 Å². The van der Waals surface area contributed by atoms with Crippen molar-refractivity contribution in [3.8, 4) is 11.5 Å². The van der Waals surface area contributed by atoms with Crippen LogP contribution in [0, 0.1) is 23.2 Å². The molecule has 5 fully saturated rings. The number of carbonyl (C=O) groups excluding carboxylic acids is 1. The molecule has 1 aromatic carbocycles. The molecule has 0 radical (unpaired) electrons. The Hall–Kier alpha value is -1.79. The topological polar surface area (TPSA) is 54.0 Å². The SMILES string of the molecule is COc1ccc(OCCN2CCN(CC(=O)NC(C)C34CC5CC(CC(C5)C3)C4)CC2)cc1. The maximum Gasteiger partial charge on any atom is 0.234 e. The third-order valence-corrected chi connectivity index (χ3v) is 8.95. The third-order valence-electron chi connectivity index (χ3n) is 8.95. The van der Waals surface area contributed by atoms with Crippen LogP contribution in [0.2, 0.25) is 0 Å². The molecular formula is C27H41N3O3. The van der Waals surface area contributed by atoms with Gasteiger partial charge in [-0.25, -0.2) is 0 Å². The number of carbonyl (C=O) groups is 1. The summed E-state index contributed by atoms with van der Waals surface area (Å²) in [5.74, 6) is 4.72. The lowest BCUT2D eigenvalue weighted by Gasteiger charge is -2.59. The Balaban J connectivity index is 1.01. The minimum absolute atomic E-state index is 0.217. The van der Waals surface area contributed by atoms with Crippen LogP contribution in [0.5, 0.6) is 11.5 Å². The number of nitrogens with zero attached hydrogens (tertiary/aromatic N) is 2. The number of methoxy groups -OCH3 is 1. The van der Waals surface area contributed by atoms with Crippen molar-refractivity contribution in [3.63, 3.8) is 0 Å². The number of piperazine rings is 1. The first-order valence-electron chi connectivity index (χ1n) is 13.0. The summed E-state index contributed by atoms with van der Waals surface area (Å²) in [5.41, 5.74) is 0.382. The van der Waals surface area contributed by atoms with Crippen molar-refractivity contribution in [3.05, 3.63) is 24.3 Å². The summed E-state index contributed by atoms with van der Waals surface area (Å²) >= 11 is 0. The molecule has 1 heterocycles. The molecule has 4 bridgehead atoms. The van der Waals surface area contributed by atoms with Crippen LogP contribution in [-0.2, 0) is 4.79 Å². The highest BCUT2D eigenvalue weighted by atomic mass is 16.5. The van der Waals surface area contributed by atoms with Crippen LogP contribution in [0.1, 0.15) is 45.4 Å². The number of nitrogens with one attached hydrogen (secondary N) is 1. The normalized spacial score (nSPS) is 32.5. The Bertz CT molecular complexity index is 768. The van der Waals surface area contributed by atoms with Crippen LogP contribution in [0.15, 0.2) is 24.3 Å². The van der Waals surface area contributed by atoms with Gasteiger partial charge in [-0.3, -0.25) is 14.6 Å². The molecule has 6 rings (SSSR count). The van der Waals surface area contributed by atoms with Crippen LogP contribution >= 0.6 is 0 Å². The first kappa shape index (κ1) is 23.0. The van der Waals surface area contributed by atoms with Crippen LogP contribution in [-0.4, -0.2) is 74.7 Å². The van der Waals surface area contributed by atoms with Crippen molar-refractivity contribution in [1.82, 2.24) is 15.1 Å². The molecule has 33 heavy (non-hydrogen) atoms. The molecule has 0 spiro atoms. The van der Waals surface area contributed by atoms with E-state index in [1.54, 1.807) is 7.11 Å². The largest absolute Gasteiger partial charge is 0.497 e. The summed E-state index contributed by atoms with van der Waals surface area (Å²) in [4.78, 5) is 17.6. The van der Waals surface area contributed by atoms with Gasteiger partial charge >= 0.3 is 0 Å². The number of rotatable bonds is 9. The summed E-state index contributed by atoms with van der Waals surface area (Å²) in [6.45, 7) is 8.28. The van der Waals surface area contributed by atoms with Gasteiger partial charge in [0.05, 0.1) is 13.7 Å². The smallest absolute Gasteiger partial charge is 0.234 e. The van der Waals surface area contributed by atoms with Gasteiger partial charge in [0.15, 0.2) is 0 Å². The zero-order valence-corrected chi connectivity index (χ0v) is 20.4. The van der Waals surface area contributed by atoms with Gasteiger partial charge in [0, 0.05) is 38.8 Å². The molecule has 1 N–H and O–H groups in total. The van der Waals surface area contributed by atoms with Crippen molar-refractivity contribution in [2.45, 2.75) is 51.5 Å². The van der Waals surface area contributed by atoms with E-state index < -0.39 is 0 Å². The van der Waals surface area contributed by atoms with Crippen molar-refractivity contribution >= 4 is 5.91 Å². The minimum Gasteiger partial charge on any atom is -0.497 e. The molecular weight excluding hydrogens is 414 g/mol. The van der Waals surface area contributed by atoms with E-state index in [-0.39, 0.29) is 5.91 Å². The fourth-order valence-electron chi connectivity index (χ4n) is 7.49. The van der Waals surface area contributed by atoms with Gasteiger partial charge in [0.1, 0.15) is 18.1 Å². The number of hydrogen-bond acceptors (Lipinski definition) is 5. The molecule has 182 valence electrons. The van der Waals surface area contributed by atoms with Gasteiger partial charge in [0.2, 0.25) is 5.91 Å². The van der Waals surface area contributed by atoms with E-state index in [9.17, 15) is 4.79 Å². The monoisotopic (exact) mass is 455 g/mol. The molecule has 1 aromatic rings. The van der Waals surface area contributed by atoms with Gasteiger partial charge in [-0.2, -0.15) is 0 Å². The van der Waals surface area contributed by atoms with Crippen molar-refractivity contribution in [2.24, 2.45) is 23.2 Å². The Morgan fingerprint density at radius 3 is 2.09 bits per heavy atom. The van der Waals surface area contributed by atoms with Gasteiger partial charge in [0.25, 0.3) is 0 Å². The van der Waals surface area contributed by atoms with Gasteiger partial charge in [-0.05, 0) is 92.9 Å². The second-order valence-electron chi connectivity index (χ2n) is 11.2. The molecule has 1 atom stereocenters. The highest BCUT2D eigenvalue weighted by Gasteiger charge is 2.53.